The molecule has 14 heavy (non-hydrogen) atoms. The minimum atomic E-state index is 0.324. The van der Waals surface area contributed by atoms with E-state index in [4.69, 9.17) is 9.47 Å². The second-order valence-electron chi connectivity index (χ2n) is 3.23. The van der Waals surface area contributed by atoms with Gasteiger partial charge < -0.3 is 20.1 Å². The molecule has 1 aliphatic rings. The molecule has 2 N–H and O–H groups in total. The Labute approximate surface area is 83.2 Å². The van der Waals surface area contributed by atoms with Crippen LogP contribution in [0.2, 0.25) is 0 Å². The molecule has 0 saturated heterocycles. The van der Waals surface area contributed by atoms with Gasteiger partial charge in [-0.05, 0) is 25.6 Å². The van der Waals surface area contributed by atoms with Gasteiger partial charge in [0.1, 0.15) is 0 Å². The second kappa shape index (κ2) is 3.75. The molecule has 4 heteroatoms. The summed E-state index contributed by atoms with van der Waals surface area (Å²) < 4.78 is 10.6. The number of aryl methyl sites for hydroxylation is 1. The zero-order valence-corrected chi connectivity index (χ0v) is 8.39. The summed E-state index contributed by atoms with van der Waals surface area (Å²) in [7, 11) is 1.90. The quantitative estimate of drug-likeness (QED) is 0.712. The first-order valence-electron chi connectivity index (χ1n) is 4.60. The van der Waals surface area contributed by atoms with Crippen molar-refractivity contribution in [3.05, 3.63) is 17.7 Å². The zero-order chi connectivity index (χ0) is 9.97. The van der Waals surface area contributed by atoms with Gasteiger partial charge in [-0.15, -0.1) is 0 Å². The van der Waals surface area contributed by atoms with Crippen LogP contribution in [0.25, 0.3) is 0 Å². The van der Waals surface area contributed by atoms with Gasteiger partial charge in [-0.25, -0.2) is 0 Å². The molecule has 0 fully saturated rings. The first-order valence-corrected chi connectivity index (χ1v) is 4.60. The predicted octanol–water partition coefficient (Wildman–Crippen LogP) is 1.31. The SMILES string of the molecule is CNCNc1cc2c(cc1C)OCO2. The van der Waals surface area contributed by atoms with Gasteiger partial charge in [0.2, 0.25) is 6.79 Å². The summed E-state index contributed by atoms with van der Waals surface area (Å²) in [4.78, 5) is 0. The smallest absolute Gasteiger partial charge is 0.231 e. The monoisotopic (exact) mass is 194 g/mol. The summed E-state index contributed by atoms with van der Waals surface area (Å²) in [6.07, 6.45) is 0. The highest BCUT2D eigenvalue weighted by Gasteiger charge is 2.14. The Bertz CT molecular complexity index is 339. The van der Waals surface area contributed by atoms with Gasteiger partial charge in [0.15, 0.2) is 11.5 Å². The van der Waals surface area contributed by atoms with E-state index < -0.39 is 0 Å². The fourth-order valence-corrected chi connectivity index (χ4v) is 1.42. The third kappa shape index (κ3) is 1.61. The topological polar surface area (TPSA) is 42.5 Å². The van der Waals surface area contributed by atoms with E-state index in [-0.39, 0.29) is 0 Å². The van der Waals surface area contributed by atoms with E-state index in [1.165, 1.54) is 0 Å². The Balaban J connectivity index is 2.23. The Morgan fingerprint density at radius 1 is 1.29 bits per heavy atom. The summed E-state index contributed by atoms with van der Waals surface area (Å²) in [5.41, 5.74) is 2.23. The molecule has 0 saturated carbocycles. The Morgan fingerprint density at radius 3 is 2.71 bits per heavy atom. The maximum atomic E-state index is 5.29. The van der Waals surface area contributed by atoms with Gasteiger partial charge in [0.25, 0.3) is 0 Å². The lowest BCUT2D eigenvalue weighted by atomic mass is 10.2. The number of benzene rings is 1. The van der Waals surface area contributed by atoms with Crippen LogP contribution in [-0.4, -0.2) is 20.5 Å². The second-order valence-corrected chi connectivity index (χ2v) is 3.23. The molecular weight excluding hydrogens is 180 g/mol. The van der Waals surface area contributed by atoms with Gasteiger partial charge >= 0.3 is 0 Å². The maximum Gasteiger partial charge on any atom is 0.231 e. The molecular formula is C10H14N2O2. The Morgan fingerprint density at radius 2 is 2.00 bits per heavy atom. The van der Waals surface area contributed by atoms with E-state index in [1.807, 2.05) is 26.1 Å². The fourth-order valence-electron chi connectivity index (χ4n) is 1.42. The number of ether oxygens (including phenoxy) is 2. The van der Waals surface area contributed by atoms with Crippen molar-refractivity contribution < 1.29 is 9.47 Å². The predicted molar refractivity (Wildman–Crippen MR) is 54.9 cm³/mol. The van der Waals surface area contributed by atoms with Crippen molar-refractivity contribution in [1.29, 1.82) is 0 Å². The van der Waals surface area contributed by atoms with E-state index >= 15 is 0 Å². The average molecular weight is 194 g/mol. The van der Waals surface area contributed by atoms with Crippen molar-refractivity contribution in [3.8, 4) is 11.5 Å². The first-order chi connectivity index (χ1) is 6.81. The van der Waals surface area contributed by atoms with Crippen molar-refractivity contribution in [1.82, 2.24) is 5.32 Å². The average Bonchev–Trinajstić information content (AvgIpc) is 2.61. The van der Waals surface area contributed by atoms with Gasteiger partial charge in [0, 0.05) is 11.8 Å². The Hall–Kier alpha value is -1.42. The number of anilines is 1. The third-order valence-electron chi connectivity index (χ3n) is 2.18. The number of hydrogen-bond donors (Lipinski definition) is 2. The molecule has 0 bridgehead atoms. The van der Waals surface area contributed by atoms with Crippen LogP contribution in [0, 0.1) is 6.92 Å². The summed E-state index contributed by atoms with van der Waals surface area (Å²) >= 11 is 0. The highest BCUT2D eigenvalue weighted by Crippen LogP contribution is 2.36. The summed E-state index contributed by atoms with van der Waals surface area (Å²) in [6, 6.07) is 3.95. The molecule has 0 amide bonds. The van der Waals surface area contributed by atoms with Gasteiger partial charge in [0.05, 0.1) is 6.67 Å². The van der Waals surface area contributed by atoms with Crippen LogP contribution < -0.4 is 20.1 Å². The molecule has 1 heterocycles. The van der Waals surface area contributed by atoms with E-state index in [0.717, 1.165) is 29.4 Å². The van der Waals surface area contributed by atoms with Crippen LogP contribution >= 0.6 is 0 Å². The van der Waals surface area contributed by atoms with Crippen LogP contribution in [0.15, 0.2) is 12.1 Å². The van der Waals surface area contributed by atoms with Crippen LogP contribution in [-0.2, 0) is 0 Å². The summed E-state index contributed by atoms with van der Waals surface area (Å²) in [6.45, 7) is 3.10. The maximum absolute atomic E-state index is 5.29. The lowest BCUT2D eigenvalue weighted by molar-refractivity contribution is 0.174. The molecule has 0 radical (unpaired) electrons. The number of hydrogen-bond acceptors (Lipinski definition) is 4. The summed E-state index contributed by atoms with van der Waals surface area (Å²) in [5.74, 6) is 1.65. The standard InChI is InChI=1S/C10H14N2O2/c1-7-3-9-10(14-6-13-9)4-8(7)12-5-11-2/h3-4,11-12H,5-6H2,1-2H3. The number of fused-ring (bicyclic) bond motifs is 1. The highest BCUT2D eigenvalue weighted by molar-refractivity contribution is 5.60. The molecule has 0 aromatic heterocycles. The van der Waals surface area contributed by atoms with Crippen molar-refractivity contribution in [2.24, 2.45) is 0 Å². The van der Waals surface area contributed by atoms with E-state index in [9.17, 15) is 0 Å². The zero-order valence-electron chi connectivity index (χ0n) is 8.39. The minimum absolute atomic E-state index is 0.324. The molecule has 1 aliphatic heterocycles. The van der Waals surface area contributed by atoms with E-state index in [0.29, 0.717) is 6.79 Å². The van der Waals surface area contributed by atoms with Crippen LogP contribution in [0.3, 0.4) is 0 Å². The van der Waals surface area contributed by atoms with E-state index in [2.05, 4.69) is 10.6 Å². The molecule has 0 atom stereocenters. The first kappa shape index (κ1) is 9.15. The van der Waals surface area contributed by atoms with Gasteiger partial charge in [-0.1, -0.05) is 0 Å². The largest absolute Gasteiger partial charge is 0.454 e. The van der Waals surface area contributed by atoms with Crippen LogP contribution in [0.5, 0.6) is 11.5 Å². The molecule has 0 unspecified atom stereocenters. The van der Waals surface area contributed by atoms with Gasteiger partial charge in [-0.3, -0.25) is 0 Å². The number of rotatable bonds is 3. The van der Waals surface area contributed by atoms with E-state index in [1.54, 1.807) is 0 Å². The van der Waals surface area contributed by atoms with Gasteiger partial charge in [-0.2, -0.15) is 0 Å². The number of nitrogens with one attached hydrogen (secondary N) is 2. The summed E-state index contributed by atoms with van der Waals surface area (Å²) in [5, 5.41) is 6.27. The molecule has 2 rings (SSSR count). The van der Waals surface area contributed by atoms with Crippen molar-refractivity contribution >= 4 is 5.69 Å². The minimum Gasteiger partial charge on any atom is -0.454 e. The molecule has 76 valence electrons. The third-order valence-corrected chi connectivity index (χ3v) is 2.18. The Kier molecular flexibility index (Phi) is 2.45. The van der Waals surface area contributed by atoms with Crippen molar-refractivity contribution in [2.45, 2.75) is 6.92 Å². The van der Waals surface area contributed by atoms with Crippen molar-refractivity contribution in [2.75, 3.05) is 25.8 Å². The highest BCUT2D eigenvalue weighted by atomic mass is 16.7. The normalized spacial score (nSPS) is 13.0. The van der Waals surface area contributed by atoms with Crippen LogP contribution in [0.4, 0.5) is 5.69 Å². The molecule has 1 aromatic carbocycles. The molecule has 0 spiro atoms. The fraction of sp³-hybridized carbons (Fsp3) is 0.400. The lowest BCUT2D eigenvalue weighted by Crippen LogP contribution is -2.17. The lowest BCUT2D eigenvalue weighted by Gasteiger charge is -2.09. The molecule has 1 aromatic rings. The van der Waals surface area contributed by atoms with Crippen molar-refractivity contribution in [3.63, 3.8) is 0 Å². The molecule has 4 nitrogen and oxygen atoms in total. The van der Waals surface area contributed by atoms with Crippen LogP contribution in [0.1, 0.15) is 5.56 Å². The molecule has 0 aliphatic carbocycles.